The van der Waals surface area contributed by atoms with Crippen molar-refractivity contribution in [1.29, 1.82) is 0 Å². The molecule has 0 saturated heterocycles. The lowest BCUT2D eigenvalue weighted by atomic mass is 10.2. The van der Waals surface area contributed by atoms with Crippen molar-refractivity contribution < 1.29 is 4.74 Å². The van der Waals surface area contributed by atoms with Crippen LogP contribution in [0.3, 0.4) is 0 Å². The van der Waals surface area contributed by atoms with Gasteiger partial charge in [-0.3, -0.25) is 0 Å². The molecule has 4 rings (SSSR count). The van der Waals surface area contributed by atoms with E-state index >= 15 is 0 Å². The molecule has 28 heavy (non-hydrogen) atoms. The summed E-state index contributed by atoms with van der Waals surface area (Å²) in [6, 6.07) is 23.6. The Morgan fingerprint density at radius 2 is 1.86 bits per heavy atom. The highest BCUT2D eigenvalue weighted by atomic mass is 35.5. The number of hydrogen-bond acceptors (Lipinski definition) is 5. The zero-order valence-corrected chi connectivity index (χ0v) is 16.0. The number of aryl methyl sites for hydroxylation is 1. The number of benzene rings is 3. The number of rotatable bonds is 6. The Morgan fingerprint density at radius 1 is 1.00 bits per heavy atom. The first-order chi connectivity index (χ1) is 13.7. The lowest BCUT2D eigenvalue weighted by molar-refractivity contribution is 0.427. The first-order valence-electron chi connectivity index (χ1n) is 8.80. The summed E-state index contributed by atoms with van der Waals surface area (Å²) in [6.45, 7) is 2.62. The lowest BCUT2D eigenvalue weighted by Crippen LogP contribution is -2.01. The molecule has 0 aliphatic rings. The Bertz CT molecular complexity index is 1080. The Balaban J connectivity index is 1.47. The molecule has 0 fully saturated rings. The van der Waals surface area contributed by atoms with Crippen LogP contribution >= 0.6 is 11.6 Å². The molecule has 0 radical (unpaired) electrons. The van der Waals surface area contributed by atoms with Crippen LogP contribution < -0.4 is 10.1 Å². The van der Waals surface area contributed by atoms with Crippen LogP contribution in [0.15, 0.2) is 72.8 Å². The maximum Gasteiger partial charge on any atom is 0.345 e. The third-order valence-corrected chi connectivity index (χ3v) is 4.62. The third-order valence-electron chi connectivity index (χ3n) is 4.22. The van der Waals surface area contributed by atoms with Gasteiger partial charge in [0.2, 0.25) is 0 Å². The van der Waals surface area contributed by atoms with Gasteiger partial charge in [-0.15, -0.1) is 0 Å². The van der Waals surface area contributed by atoms with Gasteiger partial charge in [0.15, 0.2) is 0 Å². The highest BCUT2D eigenvalue weighted by Crippen LogP contribution is 2.24. The van der Waals surface area contributed by atoms with Crippen molar-refractivity contribution in [2.45, 2.75) is 13.5 Å². The lowest BCUT2D eigenvalue weighted by Gasteiger charge is -2.10. The number of aromatic nitrogens is 4. The summed E-state index contributed by atoms with van der Waals surface area (Å²) >= 11 is 6.18. The van der Waals surface area contributed by atoms with Gasteiger partial charge >= 0.3 is 6.01 Å². The van der Waals surface area contributed by atoms with Crippen LogP contribution in [0.1, 0.15) is 11.1 Å². The molecule has 0 aliphatic heterocycles. The minimum Gasteiger partial charge on any atom is -0.423 e. The second kappa shape index (κ2) is 8.10. The van der Waals surface area contributed by atoms with E-state index in [0.29, 0.717) is 18.3 Å². The van der Waals surface area contributed by atoms with Crippen molar-refractivity contribution in [3.05, 3.63) is 88.9 Å². The number of nitrogens with zero attached hydrogens (tertiary/aromatic N) is 4. The molecule has 0 aliphatic carbocycles. The van der Waals surface area contributed by atoms with Gasteiger partial charge in [-0.25, -0.2) is 0 Å². The fraction of sp³-hybridized carbons (Fsp3) is 0.0952. The molecule has 0 saturated carbocycles. The number of tetrazole rings is 1. The van der Waals surface area contributed by atoms with E-state index in [0.717, 1.165) is 27.5 Å². The molecule has 0 amide bonds. The Hall–Kier alpha value is -3.38. The van der Waals surface area contributed by atoms with Gasteiger partial charge < -0.3 is 10.1 Å². The number of ether oxygens (including phenoxy) is 1. The van der Waals surface area contributed by atoms with Crippen LogP contribution in [-0.2, 0) is 6.54 Å². The van der Waals surface area contributed by atoms with Crippen molar-refractivity contribution in [1.82, 2.24) is 20.2 Å². The van der Waals surface area contributed by atoms with E-state index in [2.05, 4.69) is 20.8 Å². The summed E-state index contributed by atoms with van der Waals surface area (Å²) in [5.41, 5.74) is 3.91. The quantitative estimate of drug-likeness (QED) is 0.499. The number of para-hydroxylation sites is 1. The molecule has 3 aromatic carbocycles. The van der Waals surface area contributed by atoms with E-state index in [1.807, 2.05) is 79.7 Å². The molecule has 1 heterocycles. The molecule has 1 aromatic heterocycles. The van der Waals surface area contributed by atoms with Gasteiger partial charge in [-0.05, 0) is 64.9 Å². The minimum atomic E-state index is 0.307. The first-order valence-corrected chi connectivity index (χ1v) is 9.17. The molecule has 4 aromatic rings. The van der Waals surface area contributed by atoms with Gasteiger partial charge in [0.1, 0.15) is 5.75 Å². The topological polar surface area (TPSA) is 64.9 Å². The monoisotopic (exact) mass is 391 g/mol. The normalized spacial score (nSPS) is 10.6. The number of nitrogens with one attached hydrogen (secondary N) is 1. The predicted octanol–water partition coefficient (Wildman–Crippen LogP) is 5.03. The zero-order chi connectivity index (χ0) is 19.3. The molecular weight excluding hydrogens is 374 g/mol. The van der Waals surface area contributed by atoms with E-state index < -0.39 is 0 Å². The number of halogens is 1. The highest BCUT2D eigenvalue weighted by Gasteiger charge is 2.10. The molecule has 0 atom stereocenters. The van der Waals surface area contributed by atoms with Crippen molar-refractivity contribution in [2.75, 3.05) is 5.32 Å². The van der Waals surface area contributed by atoms with Gasteiger partial charge in [0.25, 0.3) is 0 Å². The van der Waals surface area contributed by atoms with Crippen LogP contribution in [0, 0.1) is 6.92 Å². The maximum absolute atomic E-state index is 6.18. The Labute approximate surface area is 167 Å². The van der Waals surface area contributed by atoms with Crippen LogP contribution in [0.4, 0.5) is 5.69 Å². The Kier molecular flexibility index (Phi) is 5.21. The van der Waals surface area contributed by atoms with Crippen LogP contribution in [0.5, 0.6) is 11.8 Å². The predicted molar refractivity (Wildman–Crippen MR) is 109 cm³/mol. The van der Waals surface area contributed by atoms with Crippen molar-refractivity contribution in [2.24, 2.45) is 0 Å². The average Bonchev–Trinajstić information content (AvgIpc) is 3.18. The summed E-state index contributed by atoms with van der Waals surface area (Å²) in [4.78, 5) is 0. The number of anilines is 1. The van der Waals surface area contributed by atoms with Crippen molar-refractivity contribution >= 4 is 17.3 Å². The Morgan fingerprint density at radius 3 is 2.68 bits per heavy atom. The largest absolute Gasteiger partial charge is 0.423 e. The summed E-state index contributed by atoms with van der Waals surface area (Å²) in [7, 11) is 0. The molecule has 0 unspecified atom stereocenters. The molecule has 140 valence electrons. The summed E-state index contributed by atoms with van der Waals surface area (Å²) in [5, 5.41) is 15.8. The second-order valence-electron chi connectivity index (χ2n) is 6.28. The standard InChI is InChI=1S/C21H18ClN5O/c1-15-10-11-17(13-20(15)22)23-14-16-6-5-9-19(12-16)28-21-24-25-26-27(21)18-7-3-2-4-8-18/h2-13,23H,14H2,1H3. The summed E-state index contributed by atoms with van der Waals surface area (Å²) < 4.78 is 7.46. The van der Waals surface area contributed by atoms with Crippen molar-refractivity contribution in [3.8, 4) is 17.4 Å². The van der Waals surface area contributed by atoms with Crippen LogP contribution in [0.25, 0.3) is 5.69 Å². The van der Waals surface area contributed by atoms with Gasteiger partial charge in [0.05, 0.1) is 5.69 Å². The molecule has 7 heteroatoms. The van der Waals surface area contributed by atoms with E-state index in [4.69, 9.17) is 16.3 Å². The highest BCUT2D eigenvalue weighted by molar-refractivity contribution is 6.31. The van der Waals surface area contributed by atoms with E-state index in [1.165, 1.54) is 0 Å². The number of hydrogen-bond donors (Lipinski definition) is 1. The van der Waals surface area contributed by atoms with E-state index in [9.17, 15) is 0 Å². The average molecular weight is 392 g/mol. The first kappa shape index (κ1) is 18.0. The summed E-state index contributed by atoms with van der Waals surface area (Å²) in [6.07, 6.45) is 0. The van der Waals surface area contributed by atoms with Crippen LogP contribution in [0.2, 0.25) is 5.02 Å². The van der Waals surface area contributed by atoms with Gasteiger partial charge in [-0.2, -0.15) is 4.68 Å². The molecular formula is C21H18ClN5O. The minimum absolute atomic E-state index is 0.307. The molecule has 0 bridgehead atoms. The smallest absolute Gasteiger partial charge is 0.345 e. The van der Waals surface area contributed by atoms with E-state index in [-0.39, 0.29) is 0 Å². The molecule has 0 spiro atoms. The maximum atomic E-state index is 6.18. The van der Waals surface area contributed by atoms with E-state index in [1.54, 1.807) is 4.68 Å². The third kappa shape index (κ3) is 4.13. The zero-order valence-electron chi connectivity index (χ0n) is 15.2. The molecule has 1 N–H and O–H groups in total. The van der Waals surface area contributed by atoms with Gasteiger partial charge in [0, 0.05) is 17.3 Å². The SMILES string of the molecule is Cc1ccc(NCc2cccc(Oc3nnnn3-c3ccccc3)c2)cc1Cl. The van der Waals surface area contributed by atoms with Gasteiger partial charge in [-0.1, -0.05) is 53.1 Å². The van der Waals surface area contributed by atoms with Crippen LogP contribution in [-0.4, -0.2) is 20.2 Å². The van der Waals surface area contributed by atoms with Crippen molar-refractivity contribution in [3.63, 3.8) is 0 Å². The second-order valence-corrected chi connectivity index (χ2v) is 6.68. The fourth-order valence-electron chi connectivity index (χ4n) is 2.71. The fourth-order valence-corrected chi connectivity index (χ4v) is 2.89. The molecule has 6 nitrogen and oxygen atoms in total. The summed E-state index contributed by atoms with van der Waals surface area (Å²) in [5.74, 6) is 0.660.